The summed E-state index contributed by atoms with van der Waals surface area (Å²) < 4.78 is 39.5. The summed E-state index contributed by atoms with van der Waals surface area (Å²) in [6.07, 6.45) is 0. The smallest absolute Gasteiger partial charge is 0.345 e. The van der Waals surface area contributed by atoms with Crippen LogP contribution >= 0.6 is 11.3 Å². The van der Waals surface area contributed by atoms with Gasteiger partial charge in [0.1, 0.15) is 10.7 Å². The maximum atomic E-state index is 13.1. The van der Waals surface area contributed by atoms with Crippen molar-refractivity contribution in [3.8, 4) is 0 Å². The van der Waals surface area contributed by atoms with Crippen molar-refractivity contribution in [2.75, 3.05) is 4.72 Å². The third kappa shape index (κ3) is 2.97. The number of benzene rings is 1. The van der Waals surface area contributed by atoms with Gasteiger partial charge in [-0.3, -0.25) is 4.72 Å². The van der Waals surface area contributed by atoms with Gasteiger partial charge in [0.05, 0.1) is 10.6 Å². The standard InChI is InChI=1S/C12H10FNO4S2/c1-7-2-3-8(13)4-10(7)14-20(17,18)9-5-11(12(15)16)19-6-9/h2-6,14H,1H3,(H,15,16). The van der Waals surface area contributed by atoms with E-state index >= 15 is 0 Å². The van der Waals surface area contributed by atoms with Gasteiger partial charge in [0.25, 0.3) is 10.0 Å². The minimum Gasteiger partial charge on any atom is -0.477 e. The second-order valence-electron chi connectivity index (χ2n) is 4.02. The quantitative estimate of drug-likeness (QED) is 0.908. The first-order valence-electron chi connectivity index (χ1n) is 5.40. The normalized spacial score (nSPS) is 11.3. The van der Waals surface area contributed by atoms with E-state index in [4.69, 9.17) is 5.11 Å². The third-order valence-corrected chi connectivity index (χ3v) is 4.95. The number of anilines is 1. The first kappa shape index (κ1) is 14.5. The Bertz CT molecular complexity index is 768. The van der Waals surface area contributed by atoms with Crippen LogP contribution in [0.1, 0.15) is 15.2 Å². The van der Waals surface area contributed by atoms with Crippen LogP contribution < -0.4 is 4.72 Å². The number of hydrogen-bond acceptors (Lipinski definition) is 4. The molecule has 8 heteroatoms. The van der Waals surface area contributed by atoms with Gasteiger partial charge >= 0.3 is 5.97 Å². The van der Waals surface area contributed by atoms with E-state index < -0.39 is 21.8 Å². The summed E-state index contributed by atoms with van der Waals surface area (Å²) in [6, 6.07) is 4.80. The highest BCUT2D eigenvalue weighted by atomic mass is 32.2. The Hall–Kier alpha value is -1.93. The number of carbonyl (C=O) groups is 1. The molecule has 0 atom stereocenters. The van der Waals surface area contributed by atoms with Gasteiger partial charge in [-0.25, -0.2) is 17.6 Å². The van der Waals surface area contributed by atoms with Crippen LogP contribution in [0.25, 0.3) is 0 Å². The summed E-state index contributed by atoms with van der Waals surface area (Å²) in [7, 11) is -3.93. The van der Waals surface area contributed by atoms with Gasteiger partial charge in [-0.2, -0.15) is 0 Å². The number of aromatic carboxylic acids is 1. The van der Waals surface area contributed by atoms with Gasteiger partial charge in [0, 0.05) is 5.38 Å². The van der Waals surface area contributed by atoms with E-state index in [1.54, 1.807) is 6.92 Å². The Labute approximate surface area is 118 Å². The highest BCUT2D eigenvalue weighted by Crippen LogP contribution is 2.24. The molecule has 2 N–H and O–H groups in total. The topological polar surface area (TPSA) is 83.5 Å². The molecule has 0 unspecified atom stereocenters. The largest absolute Gasteiger partial charge is 0.477 e. The van der Waals surface area contributed by atoms with Crippen LogP contribution in [0.15, 0.2) is 34.5 Å². The van der Waals surface area contributed by atoms with Crippen LogP contribution in [-0.4, -0.2) is 19.5 Å². The predicted octanol–water partition coefficient (Wildman–Crippen LogP) is 2.69. The highest BCUT2D eigenvalue weighted by molar-refractivity contribution is 7.92. The summed E-state index contributed by atoms with van der Waals surface area (Å²) in [5.41, 5.74) is 0.678. The fourth-order valence-electron chi connectivity index (χ4n) is 1.48. The lowest BCUT2D eigenvalue weighted by Gasteiger charge is -2.09. The fraction of sp³-hybridized carbons (Fsp3) is 0.0833. The van der Waals surface area contributed by atoms with E-state index in [2.05, 4.69) is 4.72 Å². The Kier molecular flexibility index (Phi) is 3.78. The number of halogens is 1. The third-order valence-electron chi connectivity index (χ3n) is 2.54. The van der Waals surface area contributed by atoms with Gasteiger partial charge in [-0.05, 0) is 30.7 Å². The van der Waals surface area contributed by atoms with Gasteiger partial charge in [0.2, 0.25) is 0 Å². The summed E-state index contributed by atoms with van der Waals surface area (Å²) in [4.78, 5) is 10.5. The molecule has 1 aromatic carbocycles. The Balaban J connectivity index is 2.35. The van der Waals surface area contributed by atoms with Crippen molar-refractivity contribution in [3.05, 3.63) is 45.9 Å². The van der Waals surface area contributed by atoms with Gasteiger partial charge in [-0.15, -0.1) is 11.3 Å². The van der Waals surface area contributed by atoms with Gasteiger partial charge in [-0.1, -0.05) is 6.07 Å². The number of hydrogen-bond donors (Lipinski definition) is 2. The second kappa shape index (κ2) is 5.22. The van der Waals surface area contributed by atoms with Crippen molar-refractivity contribution in [2.24, 2.45) is 0 Å². The highest BCUT2D eigenvalue weighted by Gasteiger charge is 2.19. The van der Waals surface area contributed by atoms with Gasteiger partial charge in [0.15, 0.2) is 0 Å². The Morgan fingerprint density at radius 3 is 2.65 bits per heavy atom. The first-order chi connectivity index (χ1) is 9.29. The van der Waals surface area contributed by atoms with E-state index in [-0.39, 0.29) is 15.5 Å². The van der Waals surface area contributed by atoms with E-state index in [9.17, 15) is 17.6 Å². The summed E-state index contributed by atoms with van der Waals surface area (Å²) in [6.45, 7) is 1.63. The molecule has 0 amide bonds. The maximum Gasteiger partial charge on any atom is 0.345 e. The molecule has 0 aliphatic rings. The summed E-state index contributed by atoms with van der Waals surface area (Å²) in [5.74, 6) is -1.76. The lowest BCUT2D eigenvalue weighted by Crippen LogP contribution is -2.13. The Morgan fingerprint density at radius 1 is 1.35 bits per heavy atom. The average molecular weight is 315 g/mol. The number of sulfonamides is 1. The van der Waals surface area contributed by atoms with Crippen molar-refractivity contribution < 1.29 is 22.7 Å². The molecular weight excluding hydrogens is 305 g/mol. The predicted molar refractivity (Wildman–Crippen MR) is 73.2 cm³/mol. The van der Waals surface area contributed by atoms with E-state index in [1.165, 1.54) is 17.5 Å². The lowest BCUT2D eigenvalue weighted by atomic mass is 10.2. The van der Waals surface area contributed by atoms with Crippen molar-refractivity contribution in [1.82, 2.24) is 0 Å². The summed E-state index contributed by atoms with van der Waals surface area (Å²) >= 11 is 0.810. The van der Waals surface area contributed by atoms with Crippen molar-refractivity contribution >= 4 is 33.0 Å². The molecule has 0 spiro atoms. The molecule has 0 aliphatic carbocycles. The molecule has 20 heavy (non-hydrogen) atoms. The second-order valence-corrected chi connectivity index (χ2v) is 6.61. The molecule has 0 radical (unpaired) electrons. The van der Waals surface area contributed by atoms with Crippen LogP contribution in [0.2, 0.25) is 0 Å². The number of carboxylic acids is 1. The zero-order valence-corrected chi connectivity index (χ0v) is 11.9. The van der Waals surface area contributed by atoms with Crippen molar-refractivity contribution in [2.45, 2.75) is 11.8 Å². The monoisotopic (exact) mass is 315 g/mol. The number of aryl methyl sites for hydroxylation is 1. The zero-order valence-electron chi connectivity index (χ0n) is 10.3. The van der Waals surface area contributed by atoms with Crippen LogP contribution in [0.4, 0.5) is 10.1 Å². The SMILES string of the molecule is Cc1ccc(F)cc1NS(=O)(=O)c1csc(C(=O)O)c1. The molecule has 2 rings (SSSR count). The van der Waals surface area contributed by atoms with Crippen LogP contribution in [0.5, 0.6) is 0 Å². The minimum absolute atomic E-state index is 0.0821. The molecular formula is C12H10FNO4S2. The van der Waals surface area contributed by atoms with Crippen LogP contribution in [0, 0.1) is 12.7 Å². The number of nitrogens with one attached hydrogen (secondary N) is 1. The Morgan fingerprint density at radius 2 is 2.05 bits per heavy atom. The van der Waals surface area contributed by atoms with E-state index in [1.807, 2.05) is 0 Å². The maximum absolute atomic E-state index is 13.1. The molecule has 106 valence electrons. The van der Waals surface area contributed by atoms with Crippen LogP contribution in [0.3, 0.4) is 0 Å². The molecule has 1 aromatic heterocycles. The number of rotatable bonds is 4. The molecule has 2 aromatic rings. The lowest BCUT2D eigenvalue weighted by molar-refractivity contribution is 0.0702. The minimum atomic E-state index is -3.93. The van der Waals surface area contributed by atoms with E-state index in [0.29, 0.717) is 5.56 Å². The first-order valence-corrected chi connectivity index (χ1v) is 7.76. The molecule has 0 saturated heterocycles. The number of thiophene rings is 1. The fourth-order valence-corrected chi connectivity index (χ4v) is 3.71. The average Bonchev–Trinajstić information content (AvgIpc) is 2.84. The van der Waals surface area contributed by atoms with Crippen molar-refractivity contribution in [1.29, 1.82) is 0 Å². The van der Waals surface area contributed by atoms with E-state index in [0.717, 1.165) is 23.5 Å². The van der Waals surface area contributed by atoms with Gasteiger partial charge < -0.3 is 5.11 Å². The van der Waals surface area contributed by atoms with Crippen molar-refractivity contribution in [3.63, 3.8) is 0 Å². The molecule has 1 heterocycles. The molecule has 0 aliphatic heterocycles. The summed E-state index contributed by atoms with van der Waals surface area (Å²) in [5, 5.41) is 10.0. The van der Waals surface area contributed by atoms with Crippen LogP contribution in [-0.2, 0) is 10.0 Å². The molecule has 0 bridgehead atoms. The molecule has 0 fully saturated rings. The number of carboxylic acid groups (broad SMARTS) is 1. The molecule has 0 saturated carbocycles. The zero-order chi connectivity index (χ0) is 14.9. The molecule has 5 nitrogen and oxygen atoms in total.